The van der Waals surface area contributed by atoms with Crippen molar-refractivity contribution in [2.24, 2.45) is 11.8 Å². The third-order valence-electron chi connectivity index (χ3n) is 10.3. The van der Waals surface area contributed by atoms with Crippen molar-refractivity contribution in [2.45, 2.75) is 9.79 Å². The van der Waals surface area contributed by atoms with E-state index in [4.69, 9.17) is 21.8 Å². The van der Waals surface area contributed by atoms with E-state index in [2.05, 4.69) is 8.57 Å². The molecule has 0 radical (unpaired) electrons. The Hall–Kier alpha value is -6.14. The Morgan fingerprint density at radius 3 is 1.15 bits per heavy atom. The lowest BCUT2D eigenvalue weighted by Gasteiger charge is -2.18. The summed E-state index contributed by atoms with van der Waals surface area (Å²) in [5.74, 6) is 10.00. The van der Waals surface area contributed by atoms with Crippen molar-refractivity contribution in [3.05, 3.63) is 106 Å². The second-order valence-electron chi connectivity index (χ2n) is 12.7. The van der Waals surface area contributed by atoms with Gasteiger partial charge in [0.25, 0.3) is 11.1 Å². The van der Waals surface area contributed by atoms with Gasteiger partial charge in [-0.15, -0.1) is 0 Å². The highest BCUT2D eigenvalue weighted by atomic mass is 32.2. The molecule has 11 aromatic rings. The Bertz CT molecular complexity index is 3540. The number of fused-ring (bicyclic) bond motifs is 10. The molecule has 0 spiro atoms. The Balaban J connectivity index is 1.26. The largest absolute Gasteiger partial charge is 0.312 e. The van der Waals surface area contributed by atoms with Crippen LogP contribution in [0.5, 0.6) is 0 Å². The van der Waals surface area contributed by atoms with Crippen molar-refractivity contribution < 1.29 is 25.4 Å². The molecule has 4 N–H and O–H groups in total. The van der Waals surface area contributed by atoms with Gasteiger partial charge in [0.05, 0.1) is 31.9 Å². The molecule has 0 atom stereocenters. The number of nitrogens with zero attached hydrogens (tertiary/aromatic N) is 4. The standard InChI is InChI=1S/C36H18N6O8S2/c37-49-51(45,46)15-1-11-27-25(13-15)39-33-21-7-3-17-18-4-8-22-32-24(36(44)42-28-12-2-16(52(47,48)50-38)14-26(28)40-34(22)42)10-6-20(30(18)32)19-5-9-23(31(21)29(17)19)35(43)41(27)33/h1-14H,37-38H2. The summed E-state index contributed by atoms with van der Waals surface area (Å²) < 4.78 is 60.6. The van der Waals surface area contributed by atoms with Gasteiger partial charge >= 0.3 is 20.2 Å². The van der Waals surface area contributed by atoms with Crippen molar-refractivity contribution in [2.75, 3.05) is 0 Å². The molecule has 0 saturated heterocycles. The maximum absolute atomic E-state index is 14.2. The SMILES string of the molecule is NOS(=O)(=O)c1ccc2c(c1)nc1c3ccc4c5ccc6c7c(ccc(c8ccc(c(=O)n21)c3c84)c57)c(=O)n1c2ccc(S(=O)(=O)ON)cc2nc61. The maximum atomic E-state index is 14.2. The van der Waals surface area contributed by atoms with Crippen LogP contribution in [-0.2, 0) is 28.8 Å². The number of pyridine rings is 2. The van der Waals surface area contributed by atoms with E-state index in [9.17, 15) is 26.4 Å². The molecular formula is C36H18N6O8S2. The van der Waals surface area contributed by atoms with Crippen LogP contribution in [0.3, 0.4) is 0 Å². The first-order valence-corrected chi connectivity index (χ1v) is 18.5. The van der Waals surface area contributed by atoms with Gasteiger partial charge in [0.15, 0.2) is 0 Å². The number of rotatable bonds is 4. The molecule has 0 aliphatic rings. The first kappa shape index (κ1) is 29.6. The maximum Gasteiger partial charge on any atom is 0.312 e. The zero-order valence-electron chi connectivity index (χ0n) is 26.1. The zero-order chi connectivity index (χ0) is 35.6. The predicted octanol–water partition coefficient (Wildman–Crippen LogP) is 4.40. The minimum Gasteiger partial charge on any atom is -0.268 e. The predicted molar refractivity (Wildman–Crippen MR) is 195 cm³/mol. The summed E-state index contributed by atoms with van der Waals surface area (Å²) in [6.45, 7) is 0. The zero-order valence-corrected chi connectivity index (χ0v) is 27.7. The van der Waals surface area contributed by atoms with Crippen LogP contribution in [0.15, 0.2) is 104 Å². The topological polar surface area (TPSA) is 208 Å². The average molecular weight is 727 g/mol. The summed E-state index contributed by atoms with van der Waals surface area (Å²) in [6, 6.07) is 23.4. The van der Waals surface area contributed by atoms with Crippen LogP contribution in [0, 0.1) is 0 Å². The van der Waals surface area contributed by atoms with Gasteiger partial charge in [-0.25, -0.2) is 9.97 Å². The van der Waals surface area contributed by atoms with Crippen molar-refractivity contribution in [3.8, 4) is 0 Å². The fourth-order valence-electron chi connectivity index (χ4n) is 8.17. The molecule has 0 amide bonds. The van der Waals surface area contributed by atoms with Crippen LogP contribution in [0.25, 0.3) is 98.0 Å². The monoisotopic (exact) mass is 726 g/mol. The van der Waals surface area contributed by atoms with E-state index in [1.165, 1.54) is 45.2 Å². The normalized spacial score (nSPS) is 13.4. The molecule has 0 aliphatic carbocycles. The molecule has 0 fully saturated rings. The van der Waals surface area contributed by atoms with Gasteiger partial charge in [0.1, 0.15) is 11.3 Å². The first-order valence-electron chi connectivity index (χ1n) is 15.6. The fraction of sp³-hybridized carbons (Fsp3) is 0. The molecule has 0 saturated carbocycles. The number of hydrogen-bond donors (Lipinski definition) is 2. The highest BCUT2D eigenvalue weighted by Gasteiger charge is 2.25. The van der Waals surface area contributed by atoms with Crippen molar-refractivity contribution in [1.29, 1.82) is 0 Å². The molecule has 14 nitrogen and oxygen atoms in total. The van der Waals surface area contributed by atoms with E-state index in [0.717, 1.165) is 32.3 Å². The third-order valence-corrected chi connectivity index (χ3v) is 12.5. The molecule has 4 aromatic heterocycles. The van der Waals surface area contributed by atoms with E-state index < -0.39 is 20.2 Å². The Morgan fingerprint density at radius 1 is 0.462 bits per heavy atom. The summed E-state index contributed by atoms with van der Waals surface area (Å²) >= 11 is 0. The summed E-state index contributed by atoms with van der Waals surface area (Å²) in [4.78, 5) is 37.5. The van der Waals surface area contributed by atoms with Gasteiger partial charge in [0, 0.05) is 32.3 Å². The van der Waals surface area contributed by atoms with Crippen LogP contribution in [0.1, 0.15) is 0 Å². The minimum absolute atomic E-state index is 0.190. The van der Waals surface area contributed by atoms with Crippen molar-refractivity contribution >= 4 is 118 Å². The lowest BCUT2D eigenvalue weighted by atomic mass is 9.86. The fourth-order valence-corrected chi connectivity index (χ4v) is 9.38. The van der Waals surface area contributed by atoms with Crippen molar-refractivity contribution in [3.63, 3.8) is 0 Å². The van der Waals surface area contributed by atoms with Crippen LogP contribution in [-0.4, -0.2) is 35.6 Å². The molecule has 0 aliphatic heterocycles. The molecule has 11 rings (SSSR count). The molecule has 52 heavy (non-hydrogen) atoms. The van der Waals surface area contributed by atoms with E-state index >= 15 is 0 Å². The molecule has 7 aromatic carbocycles. The van der Waals surface area contributed by atoms with Gasteiger partial charge in [-0.1, -0.05) is 24.3 Å². The van der Waals surface area contributed by atoms with Gasteiger partial charge in [-0.2, -0.15) is 37.2 Å². The van der Waals surface area contributed by atoms with Crippen LogP contribution in [0.4, 0.5) is 0 Å². The summed E-state index contributed by atoms with van der Waals surface area (Å²) in [5, 5.41) is 8.89. The Kier molecular flexibility index (Phi) is 5.34. The highest BCUT2D eigenvalue weighted by molar-refractivity contribution is 7.87. The molecule has 0 bridgehead atoms. The average Bonchev–Trinajstić information content (AvgIpc) is 3.74. The van der Waals surface area contributed by atoms with Crippen LogP contribution in [0.2, 0.25) is 0 Å². The van der Waals surface area contributed by atoms with E-state index in [1.54, 1.807) is 12.1 Å². The van der Waals surface area contributed by atoms with Crippen LogP contribution < -0.4 is 22.9 Å². The lowest BCUT2D eigenvalue weighted by Crippen LogP contribution is -2.14. The van der Waals surface area contributed by atoms with Gasteiger partial charge in [0.2, 0.25) is 0 Å². The molecular weight excluding hydrogens is 709 g/mol. The summed E-state index contributed by atoms with van der Waals surface area (Å²) in [5.41, 5.74) is 1.54. The molecule has 0 unspecified atom stereocenters. The van der Waals surface area contributed by atoms with Gasteiger partial charge < -0.3 is 0 Å². The Labute approximate surface area is 288 Å². The van der Waals surface area contributed by atoms with Crippen molar-refractivity contribution in [1.82, 2.24) is 18.8 Å². The highest BCUT2D eigenvalue weighted by Crippen LogP contribution is 2.45. The Morgan fingerprint density at radius 2 is 0.788 bits per heavy atom. The van der Waals surface area contributed by atoms with E-state index in [-0.39, 0.29) is 31.9 Å². The first-order chi connectivity index (χ1) is 25.0. The molecule has 252 valence electrons. The smallest absolute Gasteiger partial charge is 0.268 e. The quantitative estimate of drug-likeness (QED) is 0.147. The second kappa shape index (κ2) is 9.39. The number of nitrogens with two attached hydrogens (primary N) is 2. The number of hydrogen-bond acceptors (Lipinski definition) is 12. The summed E-state index contributed by atoms with van der Waals surface area (Å²) in [7, 11) is -8.41. The number of imidazole rings is 2. The molecule has 4 heterocycles. The minimum atomic E-state index is -4.21. The van der Waals surface area contributed by atoms with E-state index in [0.29, 0.717) is 54.6 Å². The third kappa shape index (κ3) is 3.40. The summed E-state index contributed by atoms with van der Waals surface area (Å²) in [6.07, 6.45) is 0. The van der Waals surface area contributed by atoms with Gasteiger partial charge in [-0.3, -0.25) is 18.4 Å². The van der Waals surface area contributed by atoms with E-state index in [1.807, 2.05) is 36.4 Å². The van der Waals surface area contributed by atoms with Crippen LogP contribution >= 0.6 is 0 Å². The lowest BCUT2D eigenvalue weighted by molar-refractivity contribution is 0.332. The molecule has 16 heteroatoms. The second-order valence-corrected chi connectivity index (χ2v) is 15.8. The number of aromatic nitrogens is 4. The van der Waals surface area contributed by atoms with Gasteiger partial charge in [-0.05, 0) is 93.0 Å². The number of benzene rings is 7.